The largest absolute Gasteiger partial charge is 0.493 e. The van der Waals surface area contributed by atoms with Crippen molar-refractivity contribution in [3.05, 3.63) is 70.8 Å². The van der Waals surface area contributed by atoms with E-state index in [9.17, 15) is 0 Å². The Morgan fingerprint density at radius 3 is 2.33 bits per heavy atom. The second kappa shape index (κ2) is 12.7. The monoisotopic (exact) mass is 411 g/mol. The van der Waals surface area contributed by atoms with Crippen molar-refractivity contribution >= 4 is 5.71 Å². The molecule has 0 amide bonds. The minimum atomic E-state index is 0.579. The zero-order valence-corrected chi connectivity index (χ0v) is 18.7. The summed E-state index contributed by atoms with van der Waals surface area (Å²) in [5.74, 6) is 1.80. The Balaban J connectivity index is 1.72. The molecular weight excluding hydrogens is 378 g/mol. The van der Waals surface area contributed by atoms with E-state index in [2.05, 4.69) is 5.16 Å². The van der Waals surface area contributed by atoms with Crippen LogP contribution in [-0.4, -0.2) is 32.6 Å². The van der Waals surface area contributed by atoms with E-state index in [1.165, 1.54) is 0 Å². The van der Waals surface area contributed by atoms with Crippen LogP contribution in [0, 0.1) is 13.8 Å². The molecule has 0 bridgehead atoms. The Hall–Kier alpha value is -2.79. The molecule has 162 valence electrons. The quantitative estimate of drug-likeness (QED) is 0.197. The van der Waals surface area contributed by atoms with Gasteiger partial charge in [0.2, 0.25) is 0 Å². The molecular formula is C25H33NO4. The maximum atomic E-state index is 5.99. The minimum Gasteiger partial charge on any atom is -0.493 e. The van der Waals surface area contributed by atoms with Crippen LogP contribution in [-0.2, 0) is 16.2 Å². The molecule has 0 atom stereocenters. The lowest BCUT2D eigenvalue weighted by molar-refractivity contribution is 0.107. The van der Waals surface area contributed by atoms with E-state index < -0.39 is 0 Å². The Bertz CT molecular complexity index is 818. The number of hydrogen-bond acceptors (Lipinski definition) is 5. The van der Waals surface area contributed by atoms with Crippen molar-refractivity contribution in [1.29, 1.82) is 0 Å². The fourth-order valence-electron chi connectivity index (χ4n) is 3.02. The van der Waals surface area contributed by atoms with Gasteiger partial charge >= 0.3 is 0 Å². The van der Waals surface area contributed by atoms with Gasteiger partial charge in [0.15, 0.2) is 0 Å². The summed E-state index contributed by atoms with van der Waals surface area (Å²) >= 11 is 0. The van der Waals surface area contributed by atoms with Crippen molar-refractivity contribution in [3.63, 3.8) is 0 Å². The number of oxime groups is 1. The average molecular weight is 412 g/mol. The Kier molecular flexibility index (Phi) is 9.95. The lowest BCUT2D eigenvalue weighted by atomic mass is 10.1. The van der Waals surface area contributed by atoms with Gasteiger partial charge in [-0.2, -0.15) is 0 Å². The van der Waals surface area contributed by atoms with Crippen LogP contribution in [0.4, 0.5) is 0 Å². The Morgan fingerprint density at radius 2 is 1.70 bits per heavy atom. The standard InChI is InChI=1S/C25H33NO4/c1-6-7-14-29-24-16-19(2)25(20(3)17-24)30-15-8-13-28-18-22-9-11-23(12-10-22)21(4)26-27-5/h6-7,9-12,16-17H,8,13-15,18H2,1-5H3/b7-6+,26-21+. The summed E-state index contributed by atoms with van der Waals surface area (Å²) in [6, 6.07) is 12.2. The molecule has 5 heteroatoms. The molecule has 2 aromatic carbocycles. The van der Waals surface area contributed by atoms with Gasteiger partial charge < -0.3 is 19.0 Å². The molecule has 0 aliphatic heterocycles. The molecule has 0 unspecified atom stereocenters. The van der Waals surface area contributed by atoms with Crippen LogP contribution in [0.3, 0.4) is 0 Å². The fraction of sp³-hybridized carbons (Fsp3) is 0.400. The van der Waals surface area contributed by atoms with Gasteiger partial charge in [-0.1, -0.05) is 41.6 Å². The summed E-state index contributed by atoms with van der Waals surface area (Å²) in [7, 11) is 1.55. The maximum Gasteiger partial charge on any atom is 0.125 e. The molecule has 2 aromatic rings. The lowest BCUT2D eigenvalue weighted by Gasteiger charge is -2.14. The number of hydrogen-bond donors (Lipinski definition) is 0. The third kappa shape index (κ3) is 7.56. The van der Waals surface area contributed by atoms with Gasteiger partial charge in [-0.15, -0.1) is 0 Å². The van der Waals surface area contributed by atoms with E-state index in [0.29, 0.717) is 26.4 Å². The molecule has 5 nitrogen and oxygen atoms in total. The van der Waals surface area contributed by atoms with Crippen molar-refractivity contribution in [2.24, 2.45) is 5.16 Å². The summed E-state index contributed by atoms with van der Waals surface area (Å²) in [5, 5.41) is 3.94. The fourth-order valence-corrected chi connectivity index (χ4v) is 3.02. The van der Waals surface area contributed by atoms with Crippen molar-refractivity contribution in [2.75, 3.05) is 26.9 Å². The third-order valence-electron chi connectivity index (χ3n) is 4.56. The van der Waals surface area contributed by atoms with Gasteiger partial charge in [-0.25, -0.2) is 0 Å². The SMILES string of the molecule is C/C=C/COc1cc(C)c(OCCCOCc2ccc(/C(C)=N/OC)cc2)c(C)c1. The predicted octanol–water partition coefficient (Wildman–Crippen LogP) is 5.61. The van der Waals surface area contributed by atoms with E-state index in [-0.39, 0.29) is 0 Å². The highest BCUT2D eigenvalue weighted by Gasteiger charge is 2.07. The van der Waals surface area contributed by atoms with Gasteiger partial charge in [0.05, 0.1) is 25.5 Å². The summed E-state index contributed by atoms with van der Waals surface area (Å²) in [6.45, 7) is 10.4. The molecule has 0 heterocycles. The minimum absolute atomic E-state index is 0.579. The van der Waals surface area contributed by atoms with Crippen LogP contribution in [0.15, 0.2) is 53.7 Å². The van der Waals surface area contributed by atoms with Gasteiger partial charge in [-0.05, 0) is 62.1 Å². The first-order valence-corrected chi connectivity index (χ1v) is 10.3. The Morgan fingerprint density at radius 1 is 1.00 bits per heavy atom. The van der Waals surface area contributed by atoms with Gasteiger partial charge in [0.25, 0.3) is 0 Å². The van der Waals surface area contributed by atoms with Crippen molar-refractivity contribution in [1.82, 2.24) is 0 Å². The van der Waals surface area contributed by atoms with Crippen molar-refractivity contribution in [2.45, 2.75) is 40.7 Å². The summed E-state index contributed by atoms with van der Waals surface area (Å²) < 4.78 is 17.5. The van der Waals surface area contributed by atoms with E-state index in [4.69, 9.17) is 19.0 Å². The maximum absolute atomic E-state index is 5.99. The number of aryl methyl sites for hydroxylation is 2. The molecule has 0 saturated carbocycles. The second-order valence-corrected chi connectivity index (χ2v) is 7.08. The topological polar surface area (TPSA) is 49.3 Å². The second-order valence-electron chi connectivity index (χ2n) is 7.08. The first-order chi connectivity index (χ1) is 14.5. The summed E-state index contributed by atoms with van der Waals surface area (Å²) in [5.41, 5.74) is 5.19. The van der Waals surface area contributed by atoms with E-state index in [1.54, 1.807) is 7.11 Å². The first-order valence-electron chi connectivity index (χ1n) is 10.3. The van der Waals surface area contributed by atoms with Crippen LogP contribution in [0.5, 0.6) is 11.5 Å². The molecule has 2 rings (SSSR count). The van der Waals surface area contributed by atoms with Crippen LogP contribution in [0.2, 0.25) is 0 Å². The smallest absolute Gasteiger partial charge is 0.125 e. The normalized spacial score (nSPS) is 11.7. The highest BCUT2D eigenvalue weighted by Crippen LogP contribution is 2.28. The highest BCUT2D eigenvalue weighted by atomic mass is 16.6. The highest BCUT2D eigenvalue weighted by molar-refractivity contribution is 5.98. The summed E-state index contributed by atoms with van der Waals surface area (Å²) in [6.07, 6.45) is 4.79. The van der Waals surface area contributed by atoms with Crippen LogP contribution < -0.4 is 9.47 Å². The molecule has 0 saturated heterocycles. The number of ether oxygens (including phenoxy) is 3. The number of rotatable bonds is 12. The predicted molar refractivity (Wildman–Crippen MR) is 122 cm³/mol. The molecule has 0 N–H and O–H groups in total. The van der Waals surface area contributed by atoms with Gasteiger partial charge in [-0.3, -0.25) is 0 Å². The lowest BCUT2D eigenvalue weighted by Crippen LogP contribution is -2.05. The van der Waals surface area contributed by atoms with E-state index in [0.717, 1.165) is 45.9 Å². The van der Waals surface area contributed by atoms with Crippen LogP contribution in [0.1, 0.15) is 42.5 Å². The van der Waals surface area contributed by atoms with E-state index in [1.807, 2.05) is 76.2 Å². The molecule has 0 fully saturated rings. The summed E-state index contributed by atoms with van der Waals surface area (Å²) in [4.78, 5) is 4.81. The number of nitrogens with zero attached hydrogens (tertiary/aromatic N) is 1. The van der Waals surface area contributed by atoms with E-state index >= 15 is 0 Å². The number of benzene rings is 2. The molecule has 30 heavy (non-hydrogen) atoms. The van der Waals surface area contributed by atoms with Gasteiger partial charge in [0, 0.05) is 6.42 Å². The third-order valence-corrected chi connectivity index (χ3v) is 4.56. The van der Waals surface area contributed by atoms with Crippen LogP contribution in [0.25, 0.3) is 0 Å². The van der Waals surface area contributed by atoms with Crippen molar-refractivity contribution < 1.29 is 19.0 Å². The molecule has 0 aliphatic rings. The van der Waals surface area contributed by atoms with Crippen LogP contribution >= 0.6 is 0 Å². The zero-order valence-electron chi connectivity index (χ0n) is 18.7. The van der Waals surface area contributed by atoms with Gasteiger partial charge in [0.1, 0.15) is 25.2 Å². The Labute approximate surface area is 180 Å². The number of allylic oxidation sites excluding steroid dienone is 1. The molecule has 0 radical (unpaired) electrons. The first kappa shape index (κ1) is 23.5. The van der Waals surface area contributed by atoms with Crippen molar-refractivity contribution in [3.8, 4) is 11.5 Å². The molecule has 0 aromatic heterocycles. The molecule has 0 aliphatic carbocycles. The average Bonchev–Trinajstić information content (AvgIpc) is 2.73. The zero-order chi connectivity index (χ0) is 21.8. The molecule has 0 spiro atoms.